The molecule has 0 aliphatic carbocycles. The van der Waals surface area contributed by atoms with Crippen molar-refractivity contribution >= 4 is 11.7 Å². The zero-order valence-electron chi connectivity index (χ0n) is 16.9. The van der Waals surface area contributed by atoms with Crippen LogP contribution in [0.15, 0.2) is 60.7 Å². The summed E-state index contributed by atoms with van der Waals surface area (Å²) in [4.78, 5) is 28.4. The second-order valence-corrected chi connectivity index (χ2v) is 7.23. The summed E-state index contributed by atoms with van der Waals surface area (Å²) in [6, 6.07) is 20.3. The quantitative estimate of drug-likeness (QED) is 0.649. The molecule has 0 saturated carbocycles. The highest BCUT2D eigenvalue weighted by atomic mass is 16.2. The molecule has 0 aliphatic heterocycles. The van der Waals surface area contributed by atoms with Crippen LogP contribution in [0.25, 0.3) is 0 Å². The Bertz CT molecular complexity index is 695. The molecular formula is C23H31N3O2. The van der Waals surface area contributed by atoms with Gasteiger partial charge in [0.1, 0.15) is 5.78 Å². The van der Waals surface area contributed by atoms with Gasteiger partial charge in [-0.05, 0) is 44.6 Å². The summed E-state index contributed by atoms with van der Waals surface area (Å²) in [5.41, 5.74) is 7.82. The highest BCUT2D eigenvalue weighted by Gasteiger charge is 2.23. The van der Waals surface area contributed by atoms with E-state index in [-0.39, 0.29) is 30.7 Å². The molecule has 0 heterocycles. The molecule has 0 saturated heterocycles. The Labute approximate surface area is 168 Å². The molecule has 0 unspecified atom stereocenters. The van der Waals surface area contributed by atoms with E-state index in [1.54, 1.807) is 4.90 Å². The topological polar surface area (TPSA) is 66.6 Å². The van der Waals surface area contributed by atoms with E-state index in [0.717, 1.165) is 24.1 Å². The third-order valence-electron chi connectivity index (χ3n) is 4.72. The van der Waals surface area contributed by atoms with Gasteiger partial charge < -0.3 is 10.6 Å². The van der Waals surface area contributed by atoms with Crippen molar-refractivity contribution in [3.8, 4) is 0 Å². The minimum Gasteiger partial charge on any atom is -0.333 e. The van der Waals surface area contributed by atoms with Crippen LogP contribution in [-0.2, 0) is 9.59 Å². The molecular weight excluding hydrogens is 350 g/mol. The molecule has 150 valence electrons. The number of nitrogens with two attached hydrogens (primary N) is 1. The van der Waals surface area contributed by atoms with Crippen LogP contribution in [-0.4, -0.2) is 61.3 Å². The van der Waals surface area contributed by atoms with Gasteiger partial charge >= 0.3 is 0 Å². The minimum atomic E-state index is -0.0356. The molecule has 5 heteroatoms. The molecule has 2 aromatic rings. The fourth-order valence-corrected chi connectivity index (χ4v) is 3.29. The lowest BCUT2D eigenvalue weighted by Crippen LogP contribution is -2.43. The zero-order valence-corrected chi connectivity index (χ0v) is 16.9. The highest BCUT2D eigenvalue weighted by molar-refractivity contribution is 5.85. The van der Waals surface area contributed by atoms with Crippen LogP contribution in [0.3, 0.4) is 0 Å². The van der Waals surface area contributed by atoms with E-state index < -0.39 is 0 Å². The summed E-state index contributed by atoms with van der Waals surface area (Å²) >= 11 is 0. The lowest BCUT2D eigenvalue weighted by atomic mass is 9.90. The van der Waals surface area contributed by atoms with Gasteiger partial charge in [-0.1, -0.05) is 60.7 Å². The molecule has 5 nitrogen and oxygen atoms in total. The van der Waals surface area contributed by atoms with E-state index in [2.05, 4.69) is 24.3 Å². The SMILES string of the molecule is CC(=O)CN(CC(c1ccccc1)c1ccccc1)C(=O)CN(C)CCCN. The van der Waals surface area contributed by atoms with E-state index in [0.29, 0.717) is 13.1 Å². The standard InChI is InChI=1S/C23H31N3O2/c1-19(27)16-26(23(28)18-25(2)15-9-14-24)17-22(20-10-5-3-6-11-20)21-12-7-4-8-13-21/h3-8,10-13,22H,9,14-18,24H2,1-2H3. The van der Waals surface area contributed by atoms with Gasteiger partial charge in [-0.2, -0.15) is 0 Å². The Kier molecular flexibility index (Phi) is 8.85. The van der Waals surface area contributed by atoms with Crippen LogP contribution in [0.4, 0.5) is 0 Å². The van der Waals surface area contributed by atoms with Gasteiger partial charge in [0.25, 0.3) is 0 Å². The maximum Gasteiger partial charge on any atom is 0.237 e. The van der Waals surface area contributed by atoms with Crippen LogP contribution in [0.5, 0.6) is 0 Å². The number of carbonyl (C=O) groups excluding carboxylic acids is 2. The lowest BCUT2D eigenvalue weighted by molar-refractivity contribution is -0.135. The molecule has 1 amide bonds. The van der Waals surface area contributed by atoms with Crippen molar-refractivity contribution < 1.29 is 9.59 Å². The minimum absolute atomic E-state index is 0.0139. The first-order valence-electron chi connectivity index (χ1n) is 9.77. The van der Waals surface area contributed by atoms with Gasteiger partial charge in [-0.25, -0.2) is 0 Å². The average Bonchev–Trinajstić information content (AvgIpc) is 2.70. The molecule has 0 spiro atoms. The Balaban J connectivity index is 2.23. The summed E-state index contributed by atoms with van der Waals surface area (Å²) in [7, 11) is 1.91. The first-order chi connectivity index (χ1) is 13.5. The van der Waals surface area contributed by atoms with E-state index in [1.165, 1.54) is 6.92 Å². The monoisotopic (exact) mass is 381 g/mol. The molecule has 0 radical (unpaired) electrons. The summed E-state index contributed by atoms with van der Waals surface area (Å²) in [6.07, 6.45) is 0.840. The lowest BCUT2D eigenvalue weighted by Gasteiger charge is -2.29. The molecule has 0 fully saturated rings. The maximum absolute atomic E-state index is 13.0. The van der Waals surface area contributed by atoms with Crippen molar-refractivity contribution in [3.05, 3.63) is 71.8 Å². The molecule has 0 aliphatic rings. The average molecular weight is 382 g/mol. The number of benzene rings is 2. The fraction of sp³-hybridized carbons (Fsp3) is 0.391. The van der Waals surface area contributed by atoms with E-state index >= 15 is 0 Å². The largest absolute Gasteiger partial charge is 0.333 e. The molecule has 2 rings (SSSR count). The van der Waals surface area contributed by atoms with Crippen molar-refractivity contribution in [2.45, 2.75) is 19.3 Å². The fourth-order valence-electron chi connectivity index (χ4n) is 3.29. The second kappa shape index (κ2) is 11.4. The van der Waals surface area contributed by atoms with E-state index in [4.69, 9.17) is 5.73 Å². The van der Waals surface area contributed by atoms with Crippen molar-refractivity contribution in [2.75, 3.05) is 39.8 Å². The molecule has 28 heavy (non-hydrogen) atoms. The van der Waals surface area contributed by atoms with E-state index in [1.807, 2.05) is 48.3 Å². The third kappa shape index (κ3) is 6.91. The first-order valence-corrected chi connectivity index (χ1v) is 9.77. The Morgan fingerprint density at radius 2 is 1.46 bits per heavy atom. The predicted octanol–water partition coefficient (Wildman–Crippen LogP) is 2.52. The predicted molar refractivity (Wildman–Crippen MR) is 113 cm³/mol. The van der Waals surface area contributed by atoms with Crippen LogP contribution in [0.2, 0.25) is 0 Å². The van der Waals surface area contributed by atoms with Crippen LogP contribution >= 0.6 is 0 Å². The van der Waals surface area contributed by atoms with Crippen molar-refractivity contribution in [1.29, 1.82) is 0 Å². The number of amides is 1. The van der Waals surface area contributed by atoms with Crippen molar-refractivity contribution in [3.63, 3.8) is 0 Å². The number of Topliss-reactive ketones (excluding diaryl/α,β-unsaturated/α-hetero) is 1. The first kappa shape index (κ1) is 21.8. The van der Waals surface area contributed by atoms with Crippen LogP contribution in [0.1, 0.15) is 30.4 Å². The Morgan fingerprint density at radius 1 is 0.929 bits per heavy atom. The number of nitrogens with zero attached hydrogens (tertiary/aromatic N) is 2. The highest BCUT2D eigenvalue weighted by Crippen LogP contribution is 2.25. The number of likely N-dealkylation sites (N-methyl/N-ethyl adjacent to an activating group) is 1. The molecule has 0 atom stereocenters. The normalized spacial score (nSPS) is 11.0. The molecule has 2 aromatic carbocycles. The van der Waals surface area contributed by atoms with E-state index in [9.17, 15) is 9.59 Å². The third-order valence-corrected chi connectivity index (χ3v) is 4.72. The molecule has 0 aromatic heterocycles. The van der Waals surface area contributed by atoms with Gasteiger partial charge in [0.2, 0.25) is 5.91 Å². The van der Waals surface area contributed by atoms with Crippen LogP contribution in [0, 0.1) is 0 Å². The van der Waals surface area contributed by atoms with Crippen molar-refractivity contribution in [2.24, 2.45) is 5.73 Å². The van der Waals surface area contributed by atoms with Gasteiger partial charge in [0.15, 0.2) is 0 Å². The summed E-state index contributed by atoms with van der Waals surface area (Å²) in [5.74, 6) is -0.0375. The van der Waals surface area contributed by atoms with Gasteiger partial charge in [-0.3, -0.25) is 14.5 Å². The number of rotatable bonds is 11. The van der Waals surface area contributed by atoms with Crippen LogP contribution < -0.4 is 5.73 Å². The number of ketones is 1. The summed E-state index contributed by atoms with van der Waals surface area (Å²) in [5, 5.41) is 0. The van der Waals surface area contributed by atoms with Gasteiger partial charge in [0, 0.05) is 12.5 Å². The number of carbonyl (C=O) groups is 2. The van der Waals surface area contributed by atoms with Crippen molar-refractivity contribution in [1.82, 2.24) is 9.80 Å². The Morgan fingerprint density at radius 3 is 1.93 bits per heavy atom. The number of hydrogen-bond acceptors (Lipinski definition) is 4. The smallest absolute Gasteiger partial charge is 0.237 e. The zero-order chi connectivity index (χ0) is 20.4. The maximum atomic E-state index is 13.0. The summed E-state index contributed by atoms with van der Waals surface area (Å²) < 4.78 is 0. The van der Waals surface area contributed by atoms with Gasteiger partial charge in [-0.15, -0.1) is 0 Å². The van der Waals surface area contributed by atoms with Gasteiger partial charge in [0.05, 0.1) is 13.1 Å². The Hall–Kier alpha value is -2.50. The second-order valence-electron chi connectivity index (χ2n) is 7.23. The molecule has 0 bridgehead atoms. The number of hydrogen-bond donors (Lipinski definition) is 1. The summed E-state index contributed by atoms with van der Waals surface area (Å²) in [6.45, 7) is 3.76. The molecule has 2 N–H and O–H groups in total.